The van der Waals surface area contributed by atoms with Gasteiger partial charge in [0.1, 0.15) is 6.61 Å². The van der Waals surface area contributed by atoms with Gasteiger partial charge in [0.25, 0.3) is 0 Å². The third-order valence-corrected chi connectivity index (χ3v) is 8.65. The third kappa shape index (κ3) is 2.53. The van der Waals surface area contributed by atoms with Gasteiger partial charge in [-0.1, -0.05) is 19.1 Å². The highest BCUT2D eigenvalue weighted by Gasteiger charge is 2.60. The van der Waals surface area contributed by atoms with Crippen molar-refractivity contribution in [2.45, 2.75) is 58.8 Å². The SMILES string of the molecule is C=CC1CCC2C3CCC4CC(=O)C=CC4(COC(C)=O)C3CCC12C. The van der Waals surface area contributed by atoms with Gasteiger partial charge in [-0.3, -0.25) is 9.59 Å². The van der Waals surface area contributed by atoms with E-state index in [1.807, 2.05) is 0 Å². The van der Waals surface area contributed by atoms with Gasteiger partial charge in [-0.05, 0) is 79.6 Å². The first kappa shape index (κ1) is 18.0. The average Bonchev–Trinajstić information content (AvgIpc) is 2.96. The summed E-state index contributed by atoms with van der Waals surface area (Å²) in [6.07, 6.45) is 14.0. The van der Waals surface area contributed by atoms with Crippen molar-refractivity contribution in [3.8, 4) is 0 Å². The van der Waals surface area contributed by atoms with E-state index in [9.17, 15) is 9.59 Å². The van der Waals surface area contributed by atoms with Crippen LogP contribution in [0.15, 0.2) is 24.8 Å². The Balaban J connectivity index is 1.69. The molecule has 4 rings (SSSR count). The lowest BCUT2D eigenvalue weighted by molar-refractivity contribution is -0.155. The molecule has 0 bridgehead atoms. The summed E-state index contributed by atoms with van der Waals surface area (Å²) >= 11 is 0. The van der Waals surface area contributed by atoms with Gasteiger partial charge in [-0.25, -0.2) is 0 Å². The van der Waals surface area contributed by atoms with Crippen molar-refractivity contribution >= 4 is 11.8 Å². The fraction of sp³-hybridized carbons (Fsp3) is 0.739. The van der Waals surface area contributed by atoms with E-state index in [-0.39, 0.29) is 17.2 Å². The molecule has 7 unspecified atom stereocenters. The van der Waals surface area contributed by atoms with E-state index in [2.05, 4.69) is 25.7 Å². The topological polar surface area (TPSA) is 43.4 Å². The minimum atomic E-state index is -0.209. The van der Waals surface area contributed by atoms with Crippen molar-refractivity contribution in [2.24, 2.45) is 40.4 Å². The normalized spacial score (nSPS) is 46.8. The number of allylic oxidation sites excluding steroid dienone is 2. The van der Waals surface area contributed by atoms with Crippen LogP contribution in [-0.2, 0) is 14.3 Å². The molecule has 3 fully saturated rings. The lowest BCUT2D eigenvalue weighted by atomic mass is 9.45. The first-order valence-electron chi connectivity index (χ1n) is 10.4. The Morgan fingerprint density at radius 1 is 1.27 bits per heavy atom. The van der Waals surface area contributed by atoms with Crippen LogP contribution >= 0.6 is 0 Å². The second kappa shape index (κ2) is 6.35. The summed E-state index contributed by atoms with van der Waals surface area (Å²) in [6, 6.07) is 0. The molecule has 0 N–H and O–H groups in total. The number of hydrogen-bond acceptors (Lipinski definition) is 3. The van der Waals surface area contributed by atoms with E-state index in [0.29, 0.717) is 42.1 Å². The van der Waals surface area contributed by atoms with Crippen LogP contribution in [0, 0.1) is 40.4 Å². The van der Waals surface area contributed by atoms with Crippen LogP contribution in [0.25, 0.3) is 0 Å². The Bertz CT molecular complexity index is 650. The number of carbonyl (C=O) groups is 2. The summed E-state index contributed by atoms with van der Waals surface area (Å²) in [7, 11) is 0. The second-order valence-electron chi connectivity index (χ2n) is 9.51. The third-order valence-electron chi connectivity index (χ3n) is 8.65. The maximum atomic E-state index is 12.1. The van der Waals surface area contributed by atoms with Crippen molar-refractivity contribution in [2.75, 3.05) is 6.61 Å². The van der Waals surface area contributed by atoms with Crippen molar-refractivity contribution in [1.82, 2.24) is 0 Å². The minimum absolute atomic E-state index is 0.129. The molecule has 0 saturated heterocycles. The van der Waals surface area contributed by atoms with Crippen molar-refractivity contribution in [1.29, 1.82) is 0 Å². The molecule has 0 radical (unpaired) electrons. The van der Waals surface area contributed by atoms with Crippen LogP contribution in [0.1, 0.15) is 58.8 Å². The molecule has 7 atom stereocenters. The van der Waals surface area contributed by atoms with Gasteiger partial charge in [-0.15, -0.1) is 6.58 Å². The fourth-order valence-corrected chi connectivity index (χ4v) is 7.36. The number of rotatable bonds is 3. The zero-order chi connectivity index (χ0) is 18.5. The highest BCUT2D eigenvalue weighted by Crippen LogP contribution is 2.66. The second-order valence-corrected chi connectivity index (χ2v) is 9.51. The summed E-state index contributed by atoms with van der Waals surface area (Å²) in [6.45, 7) is 8.54. The number of fused-ring (bicyclic) bond motifs is 5. The quantitative estimate of drug-likeness (QED) is 0.543. The molecule has 0 aromatic carbocycles. The molecule has 142 valence electrons. The molecular weight excluding hydrogens is 324 g/mol. The predicted molar refractivity (Wildman–Crippen MR) is 101 cm³/mol. The first-order valence-corrected chi connectivity index (χ1v) is 10.4. The van der Waals surface area contributed by atoms with Gasteiger partial charge < -0.3 is 4.74 Å². The lowest BCUT2D eigenvalue weighted by Crippen LogP contribution is -2.55. The molecule has 4 aliphatic rings. The first-order chi connectivity index (χ1) is 12.4. The fourth-order valence-electron chi connectivity index (χ4n) is 7.36. The van der Waals surface area contributed by atoms with Crippen LogP contribution in [0.2, 0.25) is 0 Å². The van der Waals surface area contributed by atoms with Crippen LogP contribution in [0.3, 0.4) is 0 Å². The summed E-state index contributed by atoms with van der Waals surface area (Å²) in [5.41, 5.74) is 0.253. The van der Waals surface area contributed by atoms with Gasteiger partial charge in [0, 0.05) is 18.8 Å². The summed E-state index contributed by atoms with van der Waals surface area (Å²) in [5, 5.41) is 0. The van der Waals surface area contributed by atoms with E-state index >= 15 is 0 Å². The standard InChI is InChI=1S/C23H32O3/c1-4-16-6-8-20-19-7-5-17-13-18(25)9-12-23(17,14-26-15(2)24)21(19)10-11-22(16,20)3/h4,9,12,16-17,19-21H,1,5-8,10-11,13-14H2,2-3H3. The van der Waals surface area contributed by atoms with Gasteiger partial charge in [0.05, 0.1) is 0 Å². The number of esters is 1. The Kier molecular flexibility index (Phi) is 4.40. The monoisotopic (exact) mass is 356 g/mol. The highest BCUT2D eigenvalue weighted by molar-refractivity contribution is 5.91. The molecule has 0 aromatic heterocycles. The van der Waals surface area contributed by atoms with Gasteiger partial charge >= 0.3 is 5.97 Å². The molecule has 3 nitrogen and oxygen atoms in total. The predicted octanol–water partition coefficient (Wildman–Crippen LogP) is 4.72. The highest BCUT2D eigenvalue weighted by atomic mass is 16.5. The maximum absolute atomic E-state index is 12.1. The van der Waals surface area contributed by atoms with Crippen molar-refractivity contribution < 1.29 is 14.3 Å². The molecule has 0 aromatic rings. The van der Waals surface area contributed by atoms with Crippen LogP contribution in [0.5, 0.6) is 0 Å². The Labute approximate surface area is 157 Å². The van der Waals surface area contributed by atoms with Crippen molar-refractivity contribution in [3.63, 3.8) is 0 Å². The molecular formula is C23H32O3. The number of ether oxygens (including phenoxy) is 1. The number of carbonyl (C=O) groups excluding carboxylic acids is 2. The van der Waals surface area contributed by atoms with E-state index < -0.39 is 0 Å². The lowest BCUT2D eigenvalue weighted by Gasteiger charge is -2.59. The van der Waals surface area contributed by atoms with Gasteiger partial charge in [-0.2, -0.15) is 0 Å². The minimum Gasteiger partial charge on any atom is -0.465 e. The number of ketones is 1. The largest absolute Gasteiger partial charge is 0.465 e. The molecule has 0 heterocycles. The smallest absolute Gasteiger partial charge is 0.302 e. The molecule has 0 amide bonds. The van der Waals surface area contributed by atoms with Crippen LogP contribution in [-0.4, -0.2) is 18.4 Å². The maximum Gasteiger partial charge on any atom is 0.302 e. The average molecular weight is 357 g/mol. The molecule has 3 saturated carbocycles. The summed E-state index contributed by atoms with van der Waals surface area (Å²) in [4.78, 5) is 23.6. The van der Waals surface area contributed by atoms with Gasteiger partial charge in [0.2, 0.25) is 0 Å². The molecule has 26 heavy (non-hydrogen) atoms. The van der Waals surface area contributed by atoms with E-state index in [1.165, 1.54) is 39.0 Å². The zero-order valence-electron chi connectivity index (χ0n) is 16.2. The number of hydrogen-bond donors (Lipinski definition) is 0. The molecule has 4 aliphatic carbocycles. The molecule has 0 spiro atoms. The van der Waals surface area contributed by atoms with E-state index in [1.54, 1.807) is 6.08 Å². The Morgan fingerprint density at radius 3 is 2.81 bits per heavy atom. The summed E-state index contributed by atoms with van der Waals surface area (Å²) < 4.78 is 5.59. The zero-order valence-corrected chi connectivity index (χ0v) is 16.2. The molecule has 3 heteroatoms. The Morgan fingerprint density at radius 2 is 2.08 bits per heavy atom. The summed E-state index contributed by atoms with van der Waals surface area (Å²) in [5.74, 6) is 2.96. The van der Waals surface area contributed by atoms with Crippen molar-refractivity contribution in [3.05, 3.63) is 24.8 Å². The molecule has 0 aliphatic heterocycles. The van der Waals surface area contributed by atoms with Crippen LogP contribution in [0.4, 0.5) is 0 Å². The van der Waals surface area contributed by atoms with Crippen LogP contribution < -0.4 is 0 Å². The Hall–Kier alpha value is -1.38. The van der Waals surface area contributed by atoms with Gasteiger partial charge in [0.15, 0.2) is 5.78 Å². The van der Waals surface area contributed by atoms with E-state index in [0.717, 1.165) is 12.3 Å². The van der Waals surface area contributed by atoms with E-state index in [4.69, 9.17) is 4.74 Å².